The molecule has 0 unspecified atom stereocenters. The second-order valence-electron chi connectivity index (χ2n) is 5.16. The monoisotopic (exact) mass is 237 g/mol. The Balaban J connectivity index is 2.72. The highest BCUT2D eigenvalue weighted by Crippen LogP contribution is 2.53. The Morgan fingerprint density at radius 1 is 1.47 bits per heavy atom. The van der Waals surface area contributed by atoms with Gasteiger partial charge in [-0.1, -0.05) is 19.9 Å². The van der Waals surface area contributed by atoms with Crippen LogP contribution in [0.3, 0.4) is 0 Å². The molecule has 1 saturated carbocycles. The molecule has 1 aliphatic rings. The van der Waals surface area contributed by atoms with Crippen LogP contribution in [-0.2, 0) is 4.79 Å². The van der Waals surface area contributed by atoms with E-state index < -0.39 is 11.4 Å². The molecule has 0 bridgehead atoms. The summed E-state index contributed by atoms with van der Waals surface area (Å²) in [5, 5.41) is 12.4. The topological polar surface area (TPSA) is 49.3 Å². The number of carbonyl (C=O) groups is 1. The Morgan fingerprint density at radius 2 is 2.12 bits per heavy atom. The summed E-state index contributed by atoms with van der Waals surface area (Å²) in [6, 6.07) is 0. The standard InChI is InChI=1S/C14H23NO2/c1-4-9-15-10-12(6-5-11(2)3)14(7-8-14)13(16)17/h4,9-11,15H,5-8H2,1-3H3,(H,16,17)/b9-4-,12-10+. The van der Waals surface area contributed by atoms with Crippen LogP contribution >= 0.6 is 0 Å². The second kappa shape index (κ2) is 5.89. The Labute approximate surface area is 104 Å². The van der Waals surface area contributed by atoms with Crippen LogP contribution < -0.4 is 5.32 Å². The minimum atomic E-state index is -0.671. The molecule has 0 spiro atoms. The van der Waals surface area contributed by atoms with Gasteiger partial charge in [0.15, 0.2) is 0 Å². The van der Waals surface area contributed by atoms with Crippen molar-refractivity contribution in [2.75, 3.05) is 0 Å². The highest BCUT2D eigenvalue weighted by atomic mass is 16.4. The quantitative estimate of drug-likeness (QED) is 0.714. The number of nitrogens with one attached hydrogen (secondary N) is 1. The van der Waals surface area contributed by atoms with E-state index in [1.807, 2.05) is 25.4 Å². The lowest BCUT2D eigenvalue weighted by molar-refractivity contribution is -0.141. The van der Waals surface area contributed by atoms with E-state index in [4.69, 9.17) is 0 Å². The van der Waals surface area contributed by atoms with Gasteiger partial charge in [0.25, 0.3) is 0 Å². The van der Waals surface area contributed by atoms with Gasteiger partial charge in [0, 0.05) is 6.20 Å². The Bertz CT molecular complexity index is 325. The molecule has 3 heteroatoms. The van der Waals surface area contributed by atoms with Crippen molar-refractivity contribution in [3.63, 3.8) is 0 Å². The fraction of sp³-hybridized carbons (Fsp3) is 0.643. The Morgan fingerprint density at radius 3 is 2.53 bits per heavy atom. The lowest BCUT2D eigenvalue weighted by Crippen LogP contribution is -2.19. The van der Waals surface area contributed by atoms with Gasteiger partial charge in [-0.05, 0) is 50.3 Å². The number of carboxylic acid groups (broad SMARTS) is 1. The lowest BCUT2D eigenvalue weighted by Gasteiger charge is -2.16. The summed E-state index contributed by atoms with van der Waals surface area (Å²) in [5.41, 5.74) is 0.473. The van der Waals surface area contributed by atoms with Crippen LogP contribution in [0.4, 0.5) is 0 Å². The zero-order chi connectivity index (χ0) is 12.9. The van der Waals surface area contributed by atoms with Gasteiger partial charge in [0.05, 0.1) is 5.41 Å². The molecular weight excluding hydrogens is 214 g/mol. The third-order valence-electron chi connectivity index (χ3n) is 3.29. The number of aliphatic carboxylic acids is 1. The van der Waals surface area contributed by atoms with Crippen LogP contribution in [0.2, 0.25) is 0 Å². The van der Waals surface area contributed by atoms with E-state index in [-0.39, 0.29) is 0 Å². The largest absolute Gasteiger partial charge is 0.481 e. The molecule has 17 heavy (non-hydrogen) atoms. The normalized spacial score (nSPS) is 18.7. The van der Waals surface area contributed by atoms with Crippen LogP contribution in [0.25, 0.3) is 0 Å². The minimum absolute atomic E-state index is 0.566. The second-order valence-corrected chi connectivity index (χ2v) is 5.16. The first kappa shape index (κ1) is 13.8. The van der Waals surface area contributed by atoms with Gasteiger partial charge in [0.1, 0.15) is 0 Å². The average molecular weight is 237 g/mol. The predicted molar refractivity (Wildman–Crippen MR) is 69.4 cm³/mol. The van der Waals surface area contributed by atoms with Gasteiger partial charge in [-0.2, -0.15) is 0 Å². The zero-order valence-corrected chi connectivity index (χ0v) is 11.0. The van der Waals surface area contributed by atoms with Crippen molar-refractivity contribution >= 4 is 5.97 Å². The fourth-order valence-electron chi connectivity index (χ4n) is 1.94. The molecule has 0 saturated heterocycles. The maximum atomic E-state index is 11.3. The third-order valence-corrected chi connectivity index (χ3v) is 3.29. The van der Waals surface area contributed by atoms with Crippen molar-refractivity contribution in [3.8, 4) is 0 Å². The van der Waals surface area contributed by atoms with Gasteiger partial charge in [-0.3, -0.25) is 4.79 Å². The molecule has 1 fully saturated rings. The van der Waals surface area contributed by atoms with E-state index >= 15 is 0 Å². The van der Waals surface area contributed by atoms with E-state index in [1.165, 1.54) is 0 Å². The van der Waals surface area contributed by atoms with E-state index in [0.29, 0.717) is 5.92 Å². The van der Waals surface area contributed by atoms with Gasteiger partial charge >= 0.3 is 5.97 Å². The maximum absolute atomic E-state index is 11.3. The van der Waals surface area contributed by atoms with Crippen molar-refractivity contribution in [1.29, 1.82) is 0 Å². The van der Waals surface area contributed by atoms with Crippen LogP contribution in [0, 0.1) is 11.3 Å². The smallest absolute Gasteiger partial charge is 0.313 e. The van der Waals surface area contributed by atoms with E-state index in [1.54, 1.807) is 0 Å². The van der Waals surface area contributed by atoms with Crippen molar-refractivity contribution in [2.24, 2.45) is 11.3 Å². The zero-order valence-electron chi connectivity index (χ0n) is 11.0. The lowest BCUT2D eigenvalue weighted by atomic mass is 9.90. The molecule has 0 aromatic rings. The summed E-state index contributed by atoms with van der Waals surface area (Å²) >= 11 is 0. The number of carboxylic acids is 1. The molecule has 0 aliphatic heterocycles. The molecule has 0 amide bonds. The van der Waals surface area contributed by atoms with Crippen LogP contribution in [0.15, 0.2) is 24.0 Å². The molecule has 0 radical (unpaired) electrons. The third kappa shape index (κ3) is 3.62. The Kier molecular flexibility index (Phi) is 4.79. The number of allylic oxidation sites excluding steroid dienone is 1. The molecule has 1 aliphatic carbocycles. The summed E-state index contributed by atoms with van der Waals surface area (Å²) < 4.78 is 0. The molecular formula is C14H23NO2. The first-order valence-corrected chi connectivity index (χ1v) is 6.33. The molecule has 96 valence electrons. The summed E-state index contributed by atoms with van der Waals surface area (Å²) in [5.74, 6) is -0.0699. The molecule has 0 aromatic carbocycles. The molecule has 3 nitrogen and oxygen atoms in total. The van der Waals surface area contributed by atoms with Gasteiger partial charge in [-0.15, -0.1) is 0 Å². The van der Waals surface area contributed by atoms with Crippen molar-refractivity contribution in [3.05, 3.63) is 24.0 Å². The average Bonchev–Trinajstić information content (AvgIpc) is 3.04. The number of hydrogen-bond acceptors (Lipinski definition) is 2. The number of rotatable bonds is 7. The van der Waals surface area contributed by atoms with Crippen LogP contribution in [0.1, 0.15) is 46.5 Å². The van der Waals surface area contributed by atoms with Crippen molar-refractivity contribution in [2.45, 2.75) is 46.5 Å². The fourth-order valence-corrected chi connectivity index (χ4v) is 1.94. The minimum Gasteiger partial charge on any atom is -0.481 e. The summed E-state index contributed by atoms with van der Waals surface area (Å²) in [7, 11) is 0. The van der Waals surface area contributed by atoms with Gasteiger partial charge in [-0.25, -0.2) is 0 Å². The van der Waals surface area contributed by atoms with Crippen molar-refractivity contribution in [1.82, 2.24) is 5.32 Å². The van der Waals surface area contributed by atoms with Crippen LogP contribution in [0.5, 0.6) is 0 Å². The summed E-state index contributed by atoms with van der Waals surface area (Å²) in [6.07, 6.45) is 9.08. The van der Waals surface area contributed by atoms with Gasteiger partial charge in [0.2, 0.25) is 0 Å². The SMILES string of the molecule is C/C=C\N/C=C(\CCC(C)C)C1(C(=O)O)CC1. The maximum Gasteiger partial charge on any atom is 0.313 e. The summed E-state index contributed by atoms with van der Waals surface area (Å²) in [6.45, 7) is 6.26. The van der Waals surface area contributed by atoms with Crippen molar-refractivity contribution < 1.29 is 9.90 Å². The highest BCUT2D eigenvalue weighted by molar-refractivity contribution is 5.81. The molecule has 1 rings (SSSR count). The first-order chi connectivity index (χ1) is 8.03. The molecule has 0 heterocycles. The molecule has 2 N–H and O–H groups in total. The first-order valence-electron chi connectivity index (χ1n) is 6.33. The molecule has 0 atom stereocenters. The van der Waals surface area contributed by atoms with E-state index in [0.717, 1.165) is 31.3 Å². The summed E-state index contributed by atoms with van der Waals surface area (Å²) in [4.78, 5) is 11.3. The van der Waals surface area contributed by atoms with E-state index in [9.17, 15) is 9.90 Å². The predicted octanol–water partition coefficient (Wildman–Crippen LogP) is 3.29. The van der Waals surface area contributed by atoms with Crippen LogP contribution in [-0.4, -0.2) is 11.1 Å². The number of hydrogen-bond donors (Lipinski definition) is 2. The highest BCUT2D eigenvalue weighted by Gasteiger charge is 2.52. The van der Waals surface area contributed by atoms with E-state index in [2.05, 4.69) is 19.2 Å². The molecule has 0 aromatic heterocycles. The van der Waals surface area contributed by atoms with Gasteiger partial charge < -0.3 is 10.4 Å². The Hall–Kier alpha value is -1.25.